The molecule has 1 aromatic heterocycles. The van der Waals surface area contributed by atoms with E-state index in [0.29, 0.717) is 5.88 Å². The second-order valence-electron chi connectivity index (χ2n) is 6.40. The van der Waals surface area contributed by atoms with E-state index in [9.17, 15) is 0 Å². The van der Waals surface area contributed by atoms with E-state index in [1.807, 2.05) is 0 Å². The molecule has 0 unspecified atom stereocenters. The molecule has 1 saturated carbocycles. The summed E-state index contributed by atoms with van der Waals surface area (Å²) in [5, 5.41) is 0. The van der Waals surface area contributed by atoms with Crippen molar-refractivity contribution in [3.05, 3.63) is 29.6 Å². The van der Waals surface area contributed by atoms with Gasteiger partial charge in [-0.05, 0) is 43.4 Å². The summed E-state index contributed by atoms with van der Waals surface area (Å²) in [5.41, 5.74) is 3.69. The van der Waals surface area contributed by atoms with Gasteiger partial charge in [0.2, 0.25) is 0 Å². The molecule has 2 nitrogen and oxygen atoms in total. The van der Waals surface area contributed by atoms with Crippen LogP contribution in [0.4, 0.5) is 0 Å². The first kappa shape index (κ1) is 14.9. The molecular formula is C18H25ClN2. The molecule has 21 heavy (non-hydrogen) atoms. The van der Waals surface area contributed by atoms with Crippen LogP contribution in [0.15, 0.2) is 18.2 Å². The van der Waals surface area contributed by atoms with Gasteiger partial charge in [-0.2, -0.15) is 0 Å². The largest absolute Gasteiger partial charge is 0.328 e. The van der Waals surface area contributed by atoms with Crippen LogP contribution in [0.3, 0.4) is 0 Å². The van der Waals surface area contributed by atoms with Gasteiger partial charge in [-0.15, -0.1) is 11.6 Å². The minimum absolute atomic E-state index is 0.644. The normalized spacial score (nSPS) is 16.1. The molecule has 0 saturated heterocycles. The fraction of sp³-hybridized carbons (Fsp3) is 0.611. The maximum Gasteiger partial charge on any atom is 0.111 e. The Hall–Kier alpha value is -1.02. The van der Waals surface area contributed by atoms with Crippen LogP contribution in [0.1, 0.15) is 49.9 Å². The monoisotopic (exact) mass is 304 g/mol. The van der Waals surface area contributed by atoms with Crippen molar-refractivity contribution in [2.45, 2.75) is 58.4 Å². The molecule has 1 aliphatic carbocycles. The Morgan fingerprint density at radius 2 is 2.10 bits per heavy atom. The van der Waals surface area contributed by atoms with E-state index < -0.39 is 0 Å². The molecule has 0 radical (unpaired) electrons. The molecular weight excluding hydrogens is 280 g/mol. The van der Waals surface area contributed by atoms with E-state index in [2.05, 4.69) is 29.7 Å². The number of aryl methyl sites for hydroxylation is 3. The number of imidazole rings is 1. The van der Waals surface area contributed by atoms with Crippen LogP contribution in [0, 0.1) is 12.8 Å². The number of rotatable bonds is 6. The third-order valence-electron chi connectivity index (χ3n) is 4.77. The number of aromatic nitrogens is 2. The van der Waals surface area contributed by atoms with E-state index in [1.165, 1.54) is 49.6 Å². The molecule has 0 N–H and O–H groups in total. The summed E-state index contributed by atoms with van der Waals surface area (Å²) in [6.07, 6.45) is 9.26. The van der Waals surface area contributed by atoms with E-state index in [0.717, 1.165) is 30.2 Å². The average Bonchev–Trinajstić information content (AvgIpc) is 3.08. The molecule has 1 fully saturated rings. The number of fused-ring (bicyclic) bond motifs is 1. The number of nitrogens with zero attached hydrogens (tertiary/aromatic N) is 2. The molecule has 3 rings (SSSR count). The summed E-state index contributed by atoms with van der Waals surface area (Å²) in [5.74, 6) is 2.76. The summed E-state index contributed by atoms with van der Waals surface area (Å²) >= 11 is 5.95. The molecule has 1 aliphatic rings. The van der Waals surface area contributed by atoms with Crippen LogP contribution in [0.5, 0.6) is 0 Å². The van der Waals surface area contributed by atoms with Gasteiger partial charge in [0.15, 0.2) is 0 Å². The smallest absolute Gasteiger partial charge is 0.111 e. The van der Waals surface area contributed by atoms with E-state index >= 15 is 0 Å². The van der Waals surface area contributed by atoms with Crippen molar-refractivity contribution in [1.29, 1.82) is 0 Å². The van der Waals surface area contributed by atoms with Gasteiger partial charge < -0.3 is 4.57 Å². The van der Waals surface area contributed by atoms with E-state index in [4.69, 9.17) is 16.6 Å². The number of benzene rings is 1. The predicted molar refractivity (Wildman–Crippen MR) is 90.1 cm³/mol. The third-order valence-corrected chi connectivity index (χ3v) is 4.96. The molecule has 2 aromatic rings. The average molecular weight is 305 g/mol. The quantitative estimate of drug-likeness (QED) is 0.679. The van der Waals surface area contributed by atoms with Crippen molar-refractivity contribution in [3.8, 4) is 0 Å². The topological polar surface area (TPSA) is 17.8 Å². The zero-order valence-corrected chi connectivity index (χ0v) is 13.7. The summed E-state index contributed by atoms with van der Waals surface area (Å²) in [6.45, 7) is 3.24. The highest BCUT2D eigenvalue weighted by molar-refractivity contribution is 6.17. The van der Waals surface area contributed by atoms with Crippen LogP contribution in [0.2, 0.25) is 0 Å². The molecule has 0 spiro atoms. The highest BCUT2D eigenvalue weighted by atomic mass is 35.5. The van der Waals surface area contributed by atoms with Crippen molar-refractivity contribution in [3.63, 3.8) is 0 Å². The van der Waals surface area contributed by atoms with Gasteiger partial charge in [-0.3, -0.25) is 0 Å². The zero-order valence-electron chi connectivity index (χ0n) is 12.9. The van der Waals surface area contributed by atoms with Gasteiger partial charge in [0, 0.05) is 18.8 Å². The summed E-state index contributed by atoms with van der Waals surface area (Å²) < 4.78 is 2.40. The second-order valence-corrected chi connectivity index (χ2v) is 6.78. The second kappa shape index (κ2) is 6.83. The molecule has 0 atom stereocenters. The van der Waals surface area contributed by atoms with Gasteiger partial charge in [-0.25, -0.2) is 4.98 Å². The fourth-order valence-corrected chi connectivity index (χ4v) is 3.81. The van der Waals surface area contributed by atoms with Crippen molar-refractivity contribution in [2.75, 3.05) is 5.88 Å². The van der Waals surface area contributed by atoms with Crippen molar-refractivity contribution in [2.24, 2.45) is 5.92 Å². The van der Waals surface area contributed by atoms with E-state index in [1.54, 1.807) is 0 Å². The van der Waals surface area contributed by atoms with Gasteiger partial charge in [0.05, 0.1) is 11.0 Å². The molecule has 1 aromatic carbocycles. The lowest BCUT2D eigenvalue weighted by atomic mass is 10.0. The lowest BCUT2D eigenvalue weighted by Gasteiger charge is -2.12. The highest BCUT2D eigenvalue weighted by Crippen LogP contribution is 2.29. The first-order chi connectivity index (χ1) is 10.3. The SMILES string of the molecule is Cc1ccc2nc(CCCl)n(CCCC3CCCC3)c2c1. The summed E-state index contributed by atoms with van der Waals surface area (Å²) in [7, 11) is 0. The van der Waals surface area contributed by atoms with Crippen LogP contribution in [0.25, 0.3) is 11.0 Å². The highest BCUT2D eigenvalue weighted by Gasteiger charge is 2.15. The van der Waals surface area contributed by atoms with Crippen molar-refractivity contribution < 1.29 is 0 Å². The van der Waals surface area contributed by atoms with Gasteiger partial charge >= 0.3 is 0 Å². The molecule has 114 valence electrons. The van der Waals surface area contributed by atoms with Crippen LogP contribution < -0.4 is 0 Å². The summed E-state index contributed by atoms with van der Waals surface area (Å²) in [6, 6.07) is 6.54. The Kier molecular flexibility index (Phi) is 4.84. The first-order valence-corrected chi connectivity index (χ1v) is 8.83. The minimum Gasteiger partial charge on any atom is -0.328 e. The maximum atomic E-state index is 5.95. The lowest BCUT2D eigenvalue weighted by molar-refractivity contribution is 0.458. The number of alkyl halides is 1. The maximum absolute atomic E-state index is 5.95. The van der Waals surface area contributed by atoms with Gasteiger partial charge in [0.25, 0.3) is 0 Å². The minimum atomic E-state index is 0.644. The molecule has 0 amide bonds. The molecule has 3 heteroatoms. The molecule has 1 heterocycles. The van der Waals surface area contributed by atoms with E-state index in [-0.39, 0.29) is 0 Å². The third kappa shape index (κ3) is 3.42. The summed E-state index contributed by atoms with van der Waals surface area (Å²) in [4.78, 5) is 4.77. The Labute approximate surface area is 132 Å². The molecule has 0 bridgehead atoms. The fourth-order valence-electron chi connectivity index (χ4n) is 3.64. The number of hydrogen-bond donors (Lipinski definition) is 0. The Morgan fingerprint density at radius 3 is 2.86 bits per heavy atom. The number of halogens is 1. The predicted octanol–water partition coefficient (Wildman–Crippen LogP) is 5.10. The Balaban J connectivity index is 1.77. The van der Waals surface area contributed by atoms with Gasteiger partial charge in [0.1, 0.15) is 5.82 Å². The number of hydrogen-bond acceptors (Lipinski definition) is 1. The Bertz CT molecular complexity index is 597. The van der Waals surface area contributed by atoms with Crippen LogP contribution in [-0.2, 0) is 13.0 Å². The van der Waals surface area contributed by atoms with Crippen molar-refractivity contribution >= 4 is 22.6 Å². The molecule has 0 aliphatic heterocycles. The Morgan fingerprint density at radius 1 is 1.29 bits per heavy atom. The van der Waals surface area contributed by atoms with Crippen molar-refractivity contribution in [1.82, 2.24) is 9.55 Å². The first-order valence-electron chi connectivity index (χ1n) is 8.29. The zero-order chi connectivity index (χ0) is 14.7. The standard InChI is InChI=1S/C18H25ClN2/c1-14-8-9-16-17(13-14)21(18(20-16)10-11-19)12-4-7-15-5-2-3-6-15/h8-9,13,15H,2-7,10-12H2,1H3. The lowest BCUT2D eigenvalue weighted by Crippen LogP contribution is -2.06. The van der Waals surface area contributed by atoms with Crippen LogP contribution in [-0.4, -0.2) is 15.4 Å². The van der Waals surface area contributed by atoms with Crippen LogP contribution >= 0.6 is 11.6 Å². The van der Waals surface area contributed by atoms with Gasteiger partial charge in [-0.1, -0.05) is 31.7 Å².